The molecule has 5 heteroatoms. The third-order valence-corrected chi connectivity index (χ3v) is 3.71. The summed E-state index contributed by atoms with van der Waals surface area (Å²) in [6.07, 6.45) is 1.71. The molecule has 0 fully saturated rings. The van der Waals surface area contributed by atoms with Crippen LogP contribution in [0, 0.1) is 5.41 Å². The molecule has 0 saturated heterocycles. The summed E-state index contributed by atoms with van der Waals surface area (Å²) in [7, 11) is 1.98. The first kappa shape index (κ1) is 14.3. The molecular weight excluding hydrogens is 272 g/mol. The van der Waals surface area contributed by atoms with Gasteiger partial charge in [-0.3, -0.25) is 10.4 Å². The molecule has 4 nitrogen and oxygen atoms in total. The van der Waals surface area contributed by atoms with Crippen LogP contribution in [-0.4, -0.2) is 17.9 Å². The molecule has 1 atom stereocenters. The van der Waals surface area contributed by atoms with Gasteiger partial charge in [-0.15, -0.1) is 0 Å². The Labute approximate surface area is 123 Å². The average Bonchev–Trinajstić information content (AvgIpc) is 2.46. The molecule has 0 aliphatic rings. The van der Waals surface area contributed by atoms with Crippen LogP contribution in [-0.2, 0) is 0 Å². The molecule has 0 aliphatic carbocycles. The van der Waals surface area contributed by atoms with E-state index < -0.39 is 0 Å². The van der Waals surface area contributed by atoms with Crippen LogP contribution in [0.1, 0.15) is 24.2 Å². The quantitative estimate of drug-likeness (QED) is 0.670. The molecule has 0 bridgehead atoms. The molecule has 1 aromatic heterocycles. The number of hydrogen-bond acceptors (Lipinski definition) is 3. The minimum Gasteiger partial charge on any atom is -0.382 e. The van der Waals surface area contributed by atoms with Gasteiger partial charge in [0.15, 0.2) is 0 Å². The van der Waals surface area contributed by atoms with Crippen molar-refractivity contribution in [2.24, 2.45) is 5.73 Å². The zero-order chi connectivity index (χ0) is 14.7. The molecule has 0 amide bonds. The van der Waals surface area contributed by atoms with E-state index in [0.29, 0.717) is 5.69 Å². The summed E-state index contributed by atoms with van der Waals surface area (Å²) in [5, 5.41) is 8.09. The van der Waals surface area contributed by atoms with Crippen LogP contribution in [0.3, 0.4) is 0 Å². The molecule has 0 spiro atoms. The highest BCUT2D eigenvalue weighted by Crippen LogP contribution is 2.29. The summed E-state index contributed by atoms with van der Waals surface area (Å²) in [5.41, 5.74) is 7.89. The number of pyridine rings is 1. The maximum atomic E-state index is 7.34. The molecule has 1 heterocycles. The fraction of sp³-hybridized carbons (Fsp3) is 0.200. The van der Waals surface area contributed by atoms with E-state index in [1.54, 1.807) is 12.3 Å². The predicted molar refractivity (Wildman–Crippen MR) is 83.5 cm³/mol. The number of hydrogen-bond donors (Lipinski definition) is 2. The van der Waals surface area contributed by atoms with Gasteiger partial charge in [-0.2, -0.15) is 0 Å². The zero-order valence-electron chi connectivity index (χ0n) is 11.5. The van der Waals surface area contributed by atoms with Crippen molar-refractivity contribution in [2.75, 3.05) is 11.9 Å². The number of anilines is 1. The van der Waals surface area contributed by atoms with Gasteiger partial charge in [-0.1, -0.05) is 29.8 Å². The third kappa shape index (κ3) is 2.91. The van der Waals surface area contributed by atoms with E-state index in [-0.39, 0.29) is 11.9 Å². The Balaban J connectivity index is 2.24. The molecule has 1 aromatic carbocycles. The number of halogens is 1. The van der Waals surface area contributed by atoms with Gasteiger partial charge >= 0.3 is 0 Å². The fourth-order valence-electron chi connectivity index (χ4n) is 2.00. The van der Waals surface area contributed by atoms with Crippen molar-refractivity contribution in [3.63, 3.8) is 0 Å². The number of nitrogens with zero attached hydrogens (tertiary/aromatic N) is 2. The zero-order valence-corrected chi connectivity index (χ0v) is 12.2. The van der Waals surface area contributed by atoms with Gasteiger partial charge in [-0.05, 0) is 30.7 Å². The first-order valence-electron chi connectivity index (χ1n) is 6.28. The molecule has 0 radical (unpaired) electrons. The van der Waals surface area contributed by atoms with E-state index in [4.69, 9.17) is 22.7 Å². The average molecular weight is 289 g/mol. The molecule has 2 aromatic rings. The minimum atomic E-state index is -0.0293. The topological polar surface area (TPSA) is 66.0 Å². The Hall–Kier alpha value is -2.07. The van der Waals surface area contributed by atoms with Crippen molar-refractivity contribution in [1.29, 1.82) is 5.41 Å². The summed E-state index contributed by atoms with van der Waals surface area (Å²) < 4.78 is 0. The molecule has 0 saturated carbocycles. The smallest absolute Gasteiger partial charge is 0.141 e. The summed E-state index contributed by atoms with van der Waals surface area (Å²) in [6.45, 7) is 2.08. The largest absolute Gasteiger partial charge is 0.382 e. The molecule has 20 heavy (non-hydrogen) atoms. The third-order valence-electron chi connectivity index (χ3n) is 3.37. The van der Waals surface area contributed by atoms with Crippen molar-refractivity contribution >= 4 is 23.1 Å². The Morgan fingerprint density at radius 3 is 2.55 bits per heavy atom. The maximum absolute atomic E-state index is 7.34. The molecule has 0 aliphatic heterocycles. The van der Waals surface area contributed by atoms with Gasteiger partial charge in [0.1, 0.15) is 11.5 Å². The van der Waals surface area contributed by atoms with Crippen LogP contribution in [0.15, 0.2) is 42.6 Å². The number of nitrogens with two attached hydrogens (primary N) is 1. The Morgan fingerprint density at radius 1 is 1.30 bits per heavy atom. The van der Waals surface area contributed by atoms with E-state index >= 15 is 0 Å². The molecular formula is C15H17ClN4. The van der Waals surface area contributed by atoms with E-state index in [9.17, 15) is 0 Å². The number of benzene rings is 1. The van der Waals surface area contributed by atoms with Crippen molar-refractivity contribution in [2.45, 2.75) is 13.0 Å². The fourth-order valence-corrected chi connectivity index (χ4v) is 2.29. The SMILES string of the molecule is CC(c1ccccc1Cl)N(C)c1ccc(C(=N)N)nc1. The first-order chi connectivity index (χ1) is 9.50. The number of amidine groups is 1. The van der Waals surface area contributed by atoms with Gasteiger partial charge in [0.05, 0.1) is 17.9 Å². The second-order valence-electron chi connectivity index (χ2n) is 4.62. The predicted octanol–water partition coefficient (Wildman–Crippen LogP) is 3.22. The van der Waals surface area contributed by atoms with E-state index in [1.807, 2.05) is 37.4 Å². The van der Waals surface area contributed by atoms with E-state index in [1.165, 1.54) is 0 Å². The number of rotatable bonds is 4. The Bertz CT molecular complexity index is 610. The Morgan fingerprint density at radius 2 is 2.00 bits per heavy atom. The second kappa shape index (κ2) is 5.92. The molecule has 3 N–H and O–H groups in total. The van der Waals surface area contributed by atoms with E-state index in [0.717, 1.165) is 16.3 Å². The van der Waals surface area contributed by atoms with Crippen molar-refractivity contribution in [3.05, 3.63) is 58.9 Å². The van der Waals surface area contributed by atoms with Gasteiger partial charge in [0.25, 0.3) is 0 Å². The normalized spacial score (nSPS) is 11.9. The number of nitrogens with one attached hydrogen (secondary N) is 1. The highest BCUT2D eigenvalue weighted by Gasteiger charge is 2.15. The van der Waals surface area contributed by atoms with Gasteiger partial charge in [0, 0.05) is 12.1 Å². The lowest BCUT2D eigenvalue weighted by molar-refractivity contribution is 0.738. The van der Waals surface area contributed by atoms with Crippen LogP contribution in [0.5, 0.6) is 0 Å². The van der Waals surface area contributed by atoms with Gasteiger partial charge in [0.2, 0.25) is 0 Å². The van der Waals surface area contributed by atoms with Crippen molar-refractivity contribution < 1.29 is 0 Å². The molecule has 1 unspecified atom stereocenters. The number of aromatic nitrogens is 1. The maximum Gasteiger partial charge on any atom is 0.141 e. The Kier molecular flexibility index (Phi) is 4.25. The highest BCUT2D eigenvalue weighted by molar-refractivity contribution is 6.31. The molecule has 104 valence electrons. The summed E-state index contributed by atoms with van der Waals surface area (Å²) in [6, 6.07) is 11.6. The minimum absolute atomic E-state index is 0.0293. The second-order valence-corrected chi connectivity index (χ2v) is 5.03. The molecule has 2 rings (SSSR count). The van der Waals surface area contributed by atoms with Crippen LogP contribution in [0.25, 0.3) is 0 Å². The lowest BCUT2D eigenvalue weighted by atomic mass is 10.1. The van der Waals surface area contributed by atoms with Crippen LogP contribution < -0.4 is 10.6 Å². The van der Waals surface area contributed by atoms with Crippen molar-refractivity contribution in [1.82, 2.24) is 4.98 Å². The van der Waals surface area contributed by atoms with Crippen LogP contribution in [0.4, 0.5) is 5.69 Å². The standard InChI is InChI=1S/C15H17ClN4/c1-10(12-5-3-4-6-13(12)16)20(2)11-7-8-14(15(17)18)19-9-11/h3-10H,1-2H3,(H3,17,18). The highest BCUT2D eigenvalue weighted by atomic mass is 35.5. The lowest BCUT2D eigenvalue weighted by Crippen LogP contribution is -2.22. The van der Waals surface area contributed by atoms with E-state index in [2.05, 4.69) is 16.8 Å². The van der Waals surface area contributed by atoms with Gasteiger partial charge < -0.3 is 10.6 Å². The number of nitrogen functional groups attached to an aromatic ring is 1. The monoisotopic (exact) mass is 288 g/mol. The van der Waals surface area contributed by atoms with Crippen LogP contribution in [0.2, 0.25) is 5.02 Å². The lowest BCUT2D eigenvalue weighted by Gasteiger charge is -2.27. The summed E-state index contributed by atoms with van der Waals surface area (Å²) in [4.78, 5) is 6.26. The summed E-state index contributed by atoms with van der Waals surface area (Å²) >= 11 is 6.23. The van der Waals surface area contributed by atoms with Crippen LogP contribution >= 0.6 is 11.6 Å². The first-order valence-corrected chi connectivity index (χ1v) is 6.66. The van der Waals surface area contributed by atoms with Crippen molar-refractivity contribution in [3.8, 4) is 0 Å². The van der Waals surface area contributed by atoms with Gasteiger partial charge in [-0.25, -0.2) is 0 Å². The summed E-state index contributed by atoms with van der Waals surface area (Å²) in [5.74, 6) is -0.0293.